The van der Waals surface area contributed by atoms with Gasteiger partial charge in [-0.25, -0.2) is 9.37 Å². The van der Waals surface area contributed by atoms with Gasteiger partial charge in [0.15, 0.2) is 0 Å². The lowest BCUT2D eigenvalue weighted by atomic mass is 10.1. The molecule has 1 heterocycles. The summed E-state index contributed by atoms with van der Waals surface area (Å²) < 4.78 is 18.5. The number of ether oxygens (including phenoxy) is 1. The van der Waals surface area contributed by atoms with Crippen molar-refractivity contribution in [2.75, 3.05) is 12.3 Å². The molecule has 24 heavy (non-hydrogen) atoms. The molecule has 0 bridgehead atoms. The Hall–Kier alpha value is -3.14. The molecule has 0 aliphatic carbocycles. The first-order chi connectivity index (χ1) is 11.5. The van der Waals surface area contributed by atoms with E-state index in [-0.39, 0.29) is 41.8 Å². The zero-order valence-electron chi connectivity index (χ0n) is 13.4. The van der Waals surface area contributed by atoms with Crippen molar-refractivity contribution < 1.29 is 13.9 Å². The largest absolute Gasteiger partial charge is 0.477 e. The van der Waals surface area contributed by atoms with Crippen molar-refractivity contribution in [3.05, 3.63) is 52.5 Å². The lowest BCUT2D eigenvalue weighted by molar-refractivity contribution is 0.0944. The summed E-state index contributed by atoms with van der Waals surface area (Å²) in [6.45, 7) is 3.99. The molecule has 0 fully saturated rings. The maximum Gasteiger partial charge on any atom is 0.270 e. The molecule has 2 aromatic rings. The van der Waals surface area contributed by atoms with Crippen molar-refractivity contribution >= 4 is 11.6 Å². The lowest BCUT2D eigenvalue weighted by Gasteiger charge is -2.11. The number of nitriles is 1. The predicted octanol–water partition coefficient (Wildman–Crippen LogP) is 2.31. The fraction of sp³-hybridized carbons (Fsp3) is 0.235. The number of benzene rings is 1. The first-order valence-electron chi connectivity index (χ1n) is 7.32. The van der Waals surface area contributed by atoms with Crippen LogP contribution >= 0.6 is 0 Å². The number of hydrogen-bond acceptors (Lipinski definition) is 5. The Morgan fingerprint density at radius 3 is 2.88 bits per heavy atom. The quantitative estimate of drug-likeness (QED) is 0.877. The van der Waals surface area contributed by atoms with Gasteiger partial charge in [-0.3, -0.25) is 4.79 Å². The van der Waals surface area contributed by atoms with Gasteiger partial charge < -0.3 is 15.8 Å². The summed E-state index contributed by atoms with van der Waals surface area (Å²) in [5.74, 6) is -0.841. The van der Waals surface area contributed by atoms with E-state index >= 15 is 0 Å². The Morgan fingerprint density at radius 2 is 2.21 bits per heavy atom. The molecule has 0 aliphatic heterocycles. The molecule has 0 atom stereocenters. The third kappa shape index (κ3) is 3.79. The van der Waals surface area contributed by atoms with Crippen molar-refractivity contribution in [2.24, 2.45) is 0 Å². The monoisotopic (exact) mass is 328 g/mol. The van der Waals surface area contributed by atoms with E-state index in [1.54, 1.807) is 13.0 Å². The van der Waals surface area contributed by atoms with Gasteiger partial charge in [0.1, 0.15) is 23.1 Å². The van der Waals surface area contributed by atoms with Gasteiger partial charge in [0.05, 0.1) is 12.3 Å². The van der Waals surface area contributed by atoms with Crippen LogP contribution in [0.3, 0.4) is 0 Å². The number of halogens is 1. The second kappa shape index (κ2) is 7.42. The van der Waals surface area contributed by atoms with Crippen molar-refractivity contribution in [1.29, 1.82) is 5.26 Å². The third-order valence-corrected chi connectivity index (χ3v) is 3.39. The summed E-state index contributed by atoms with van der Waals surface area (Å²) in [6.07, 6.45) is 0. The van der Waals surface area contributed by atoms with Crippen LogP contribution < -0.4 is 15.8 Å². The number of anilines is 1. The van der Waals surface area contributed by atoms with Crippen molar-refractivity contribution in [1.82, 2.24) is 10.3 Å². The Kier molecular flexibility index (Phi) is 5.32. The average Bonchev–Trinajstić information content (AvgIpc) is 2.55. The fourth-order valence-corrected chi connectivity index (χ4v) is 2.11. The molecule has 0 saturated heterocycles. The number of pyridine rings is 1. The highest BCUT2D eigenvalue weighted by molar-refractivity contribution is 5.93. The Morgan fingerprint density at radius 1 is 1.46 bits per heavy atom. The topological polar surface area (TPSA) is 101 Å². The normalized spacial score (nSPS) is 10.1. The van der Waals surface area contributed by atoms with E-state index in [2.05, 4.69) is 10.3 Å². The summed E-state index contributed by atoms with van der Waals surface area (Å²) in [7, 11) is 0. The number of nitrogens with zero attached hydrogens (tertiary/aromatic N) is 2. The number of carbonyl (C=O) groups excluding carboxylic acids is 1. The van der Waals surface area contributed by atoms with Crippen LogP contribution in [0.4, 0.5) is 10.1 Å². The molecule has 0 saturated carbocycles. The maximum absolute atomic E-state index is 13.3. The zero-order valence-corrected chi connectivity index (χ0v) is 13.4. The van der Waals surface area contributed by atoms with Crippen molar-refractivity contribution in [2.45, 2.75) is 20.4 Å². The van der Waals surface area contributed by atoms with Crippen LogP contribution in [0, 0.1) is 24.1 Å². The molecule has 1 aromatic heterocycles. The van der Waals surface area contributed by atoms with Crippen LogP contribution in [-0.2, 0) is 6.54 Å². The smallest absolute Gasteiger partial charge is 0.270 e. The number of amides is 1. The molecule has 0 radical (unpaired) electrons. The minimum Gasteiger partial charge on any atom is -0.477 e. The number of aryl methyl sites for hydroxylation is 1. The van der Waals surface area contributed by atoms with Gasteiger partial charge in [0.2, 0.25) is 5.88 Å². The molecule has 0 unspecified atom stereocenters. The van der Waals surface area contributed by atoms with Crippen LogP contribution in [-0.4, -0.2) is 17.5 Å². The summed E-state index contributed by atoms with van der Waals surface area (Å²) in [5, 5.41) is 11.7. The van der Waals surface area contributed by atoms with Gasteiger partial charge in [0.25, 0.3) is 5.91 Å². The van der Waals surface area contributed by atoms with Gasteiger partial charge >= 0.3 is 0 Å². The zero-order chi connectivity index (χ0) is 17.7. The van der Waals surface area contributed by atoms with Gasteiger partial charge in [-0.05, 0) is 43.2 Å². The second-order valence-corrected chi connectivity index (χ2v) is 5.08. The van der Waals surface area contributed by atoms with E-state index in [1.807, 2.05) is 13.0 Å². The van der Waals surface area contributed by atoms with E-state index in [1.165, 1.54) is 18.2 Å². The number of nitrogens with one attached hydrogen (secondary N) is 1. The van der Waals surface area contributed by atoms with Gasteiger partial charge in [0, 0.05) is 6.54 Å². The Balaban J connectivity index is 2.21. The number of aromatic nitrogens is 1. The fourth-order valence-electron chi connectivity index (χ4n) is 2.11. The standard InChI is InChI=1S/C17H17FN4O2/c1-3-24-17-13(8-19)14(20)7-15(22-17)16(23)21-9-11-6-12(18)5-4-10(11)2/h4-7H,3,9H2,1-2H3,(H2,20,22)(H,21,23). The molecular formula is C17H17FN4O2. The van der Waals surface area contributed by atoms with Crippen LogP contribution in [0.2, 0.25) is 0 Å². The molecule has 3 N–H and O–H groups in total. The highest BCUT2D eigenvalue weighted by atomic mass is 19.1. The minimum absolute atomic E-state index is 0.0205. The molecule has 2 rings (SSSR count). The molecule has 124 valence electrons. The third-order valence-electron chi connectivity index (χ3n) is 3.39. The molecular weight excluding hydrogens is 311 g/mol. The lowest BCUT2D eigenvalue weighted by Crippen LogP contribution is -2.25. The van der Waals surface area contributed by atoms with E-state index in [4.69, 9.17) is 15.7 Å². The van der Waals surface area contributed by atoms with Gasteiger partial charge in [-0.1, -0.05) is 6.07 Å². The van der Waals surface area contributed by atoms with E-state index < -0.39 is 5.91 Å². The highest BCUT2D eigenvalue weighted by Crippen LogP contribution is 2.22. The maximum atomic E-state index is 13.3. The first-order valence-corrected chi connectivity index (χ1v) is 7.32. The molecule has 7 heteroatoms. The number of nitrogen functional groups attached to an aromatic ring is 1. The van der Waals surface area contributed by atoms with Crippen LogP contribution in [0.15, 0.2) is 24.3 Å². The Bertz CT molecular complexity index is 815. The molecule has 1 amide bonds. The van der Waals surface area contributed by atoms with Crippen molar-refractivity contribution in [3.8, 4) is 11.9 Å². The SMILES string of the molecule is CCOc1nc(C(=O)NCc2cc(F)ccc2C)cc(N)c1C#N. The van der Waals surface area contributed by atoms with Crippen LogP contribution in [0.1, 0.15) is 34.1 Å². The van der Waals surface area contributed by atoms with E-state index in [9.17, 15) is 9.18 Å². The van der Waals surface area contributed by atoms with Crippen molar-refractivity contribution in [3.63, 3.8) is 0 Å². The summed E-state index contributed by atoms with van der Waals surface area (Å²) in [4.78, 5) is 16.3. The summed E-state index contributed by atoms with van der Waals surface area (Å²) in [5.41, 5.74) is 7.54. The summed E-state index contributed by atoms with van der Waals surface area (Å²) >= 11 is 0. The average molecular weight is 328 g/mol. The first kappa shape index (κ1) is 17.2. The van der Waals surface area contributed by atoms with Gasteiger partial charge in [-0.2, -0.15) is 5.26 Å². The van der Waals surface area contributed by atoms with E-state index in [0.29, 0.717) is 5.56 Å². The molecule has 0 aliphatic rings. The predicted molar refractivity (Wildman–Crippen MR) is 86.8 cm³/mol. The number of rotatable bonds is 5. The Labute approximate surface area is 139 Å². The van der Waals surface area contributed by atoms with Crippen LogP contribution in [0.25, 0.3) is 0 Å². The number of carbonyl (C=O) groups is 1. The molecule has 1 aromatic carbocycles. The minimum atomic E-state index is -0.490. The summed E-state index contributed by atoms with van der Waals surface area (Å²) in [6, 6.07) is 7.58. The molecule has 6 nitrogen and oxygen atoms in total. The highest BCUT2D eigenvalue weighted by Gasteiger charge is 2.16. The van der Waals surface area contributed by atoms with E-state index in [0.717, 1.165) is 5.56 Å². The molecule has 0 spiro atoms. The second-order valence-electron chi connectivity index (χ2n) is 5.08. The van der Waals surface area contributed by atoms with Crippen LogP contribution in [0.5, 0.6) is 5.88 Å². The number of hydrogen-bond donors (Lipinski definition) is 2. The van der Waals surface area contributed by atoms with Gasteiger partial charge in [-0.15, -0.1) is 0 Å². The number of nitrogens with two attached hydrogens (primary N) is 1.